The van der Waals surface area contributed by atoms with Crippen LogP contribution in [0.2, 0.25) is 5.02 Å². The van der Waals surface area contributed by atoms with Gasteiger partial charge in [-0.1, -0.05) is 49.7 Å². The average molecular weight is 500 g/mol. The fourth-order valence-corrected chi connectivity index (χ4v) is 3.76. The number of nitrogens with zero attached hydrogens (tertiary/aromatic N) is 4. The van der Waals surface area contributed by atoms with E-state index < -0.39 is 11.7 Å². The van der Waals surface area contributed by atoms with E-state index in [9.17, 15) is 13.6 Å². The molecule has 0 unspecified atom stereocenters. The molecule has 3 heterocycles. The molecule has 1 amide bonds. The molecule has 184 valence electrons. The van der Waals surface area contributed by atoms with Crippen LogP contribution < -0.4 is 10.2 Å². The second kappa shape index (κ2) is 12.3. The van der Waals surface area contributed by atoms with Crippen LogP contribution in [0.4, 0.5) is 14.6 Å². The van der Waals surface area contributed by atoms with Gasteiger partial charge in [-0.3, -0.25) is 4.79 Å². The first-order chi connectivity index (χ1) is 16.9. The molecule has 1 atom stereocenters. The van der Waals surface area contributed by atoms with E-state index in [0.717, 1.165) is 30.1 Å². The number of halogens is 3. The van der Waals surface area contributed by atoms with Crippen molar-refractivity contribution < 1.29 is 13.6 Å². The Kier molecular flexibility index (Phi) is 9.14. The fourth-order valence-electron chi connectivity index (χ4n) is 3.59. The highest BCUT2D eigenvalue weighted by molar-refractivity contribution is 6.31. The highest BCUT2D eigenvalue weighted by atomic mass is 35.5. The van der Waals surface area contributed by atoms with Crippen LogP contribution in [0.3, 0.4) is 0 Å². The lowest BCUT2D eigenvalue weighted by Crippen LogP contribution is -2.37. The number of nitrogens with one attached hydrogen (secondary N) is 1. The molecule has 0 radical (unpaired) electrons. The van der Waals surface area contributed by atoms with Crippen molar-refractivity contribution in [3.8, 4) is 0 Å². The first kappa shape index (κ1) is 26.1. The number of fused-ring (bicyclic) bond motifs is 1. The Morgan fingerprint density at radius 3 is 2.49 bits per heavy atom. The third-order valence-corrected chi connectivity index (χ3v) is 5.59. The molecule has 0 aliphatic carbocycles. The lowest BCUT2D eigenvalue weighted by molar-refractivity contribution is 0.0936. The number of aryl methyl sites for hydroxylation is 1. The van der Waals surface area contributed by atoms with Crippen LogP contribution >= 0.6 is 11.6 Å². The molecule has 2 aromatic carbocycles. The zero-order valence-corrected chi connectivity index (χ0v) is 20.6. The fraction of sp³-hybridized carbons (Fsp3) is 0.269. The molecule has 6 nitrogen and oxygen atoms in total. The minimum absolute atomic E-state index is 0.0375. The molecule has 0 bridgehead atoms. The molecular weight excluding hydrogens is 472 g/mol. The first-order valence-corrected chi connectivity index (χ1v) is 11.8. The van der Waals surface area contributed by atoms with E-state index in [0.29, 0.717) is 6.54 Å². The van der Waals surface area contributed by atoms with Gasteiger partial charge in [-0.2, -0.15) is 0 Å². The van der Waals surface area contributed by atoms with E-state index in [1.54, 1.807) is 35.0 Å². The van der Waals surface area contributed by atoms with Crippen LogP contribution in [0.15, 0.2) is 66.9 Å². The van der Waals surface area contributed by atoms with E-state index >= 15 is 0 Å². The quantitative estimate of drug-likeness (QED) is 0.393. The van der Waals surface area contributed by atoms with Crippen LogP contribution in [0.1, 0.15) is 36.3 Å². The number of aromatic nitrogens is 3. The van der Waals surface area contributed by atoms with Crippen LogP contribution in [0, 0.1) is 18.6 Å². The zero-order chi connectivity index (χ0) is 25.4. The largest absolute Gasteiger partial charge is 0.353 e. The van der Waals surface area contributed by atoms with E-state index in [2.05, 4.69) is 20.3 Å². The van der Waals surface area contributed by atoms with Gasteiger partial charge in [0.25, 0.3) is 5.91 Å². The van der Waals surface area contributed by atoms with Gasteiger partial charge in [0.05, 0.1) is 22.5 Å². The molecule has 35 heavy (non-hydrogen) atoms. The monoisotopic (exact) mass is 499 g/mol. The lowest BCUT2D eigenvalue weighted by atomic mass is 10.1. The summed E-state index contributed by atoms with van der Waals surface area (Å²) in [5.74, 6) is -0.498. The molecule has 5 rings (SSSR count). The van der Waals surface area contributed by atoms with Gasteiger partial charge in [0, 0.05) is 19.1 Å². The lowest BCUT2D eigenvalue weighted by Gasteiger charge is -2.18. The molecule has 9 heteroatoms. The maximum Gasteiger partial charge on any atom is 0.254 e. The number of rotatable bonds is 3. The Bertz CT molecular complexity index is 1270. The first-order valence-electron chi connectivity index (χ1n) is 11.4. The van der Waals surface area contributed by atoms with Gasteiger partial charge in [-0.05, 0) is 49.7 Å². The predicted octanol–water partition coefficient (Wildman–Crippen LogP) is 5.69. The average Bonchev–Trinajstić information content (AvgIpc) is 3.49. The van der Waals surface area contributed by atoms with E-state index in [1.807, 2.05) is 32.9 Å². The number of hydrogen-bond donors (Lipinski definition) is 1. The number of carbonyl (C=O) groups excluding carboxylic acids is 1. The van der Waals surface area contributed by atoms with Gasteiger partial charge in [-0.15, -0.1) is 5.10 Å². The Morgan fingerprint density at radius 2 is 1.80 bits per heavy atom. The molecule has 1 N–H and O–H groups in total. The van der Waals surface area contributed by atoms with Crippen molar-refractivity contribution in [3.63, 3.8) is 0 Å². The number of amides is 1. The Labute approximate surface area is 208 Å². The summed E-state index contributed by atoms with van der Waals surface area (Å²) < 4.78 is 27.7. The summed E-state index contributed by atoms with van der Waals surface area (Å²) in [5, 5.41) is 7.43. The van der Waals surface area contributed by atoms with Gasteiger partial charge < -0.3 is 10.2 Å². The van der Waals surface area contributed by atoms with Gasteiger partial charge in [0.1, 0.15) is 11.6 Å². The summed E-state index contributed by atoms with van der Waals surface area (Å²) in [7, 11) is 0. The van der Waals surface area contributed by atoms with Crippen molar-refractivity contribution in [2.45, 2.75) is 33.2 Å². The second-order valence-corrected chi connectivity index (χ2v) is 8.07. The Balaban J connectivity index is 0.000000324. The van der Waals surface area contributed by atoms with Crippen LogP contribution in [0.5, 0.6) is 0 Å². The van der Waals surface area contributed by atoms with Gasteiger partial charge in [0.2, 0.25) is 0 Å². The summed E-state index contributed by atoms with van der Waals surface area (Å²) in [4.78, 5) is 18.7. The maximum atomic E-state index is 14.0. The third-order valence-electron chi connectivity index (χ3n) is 5.30. The number of benzene rings is 2. The molecule has 0 saturated carbocycles. The second-order valence-electron chi connectivity index (χ2n) is 7.66. The minimum Gasteiger partial charge on any atom is -0.353 e. The predicted molar refractivity (Wildman–Crippen MR) is 135 cm³/mol. The normalized spacial score (nSPS) is 14.6. The van der Waals surface area contributed by atoms with Crippen LogP contribution in [0.25, 0.3) is 5.65 Å². The Morgan fingerprint density at radius 1 is 1.06 bits per heavy atom. The minimum atomic E-state index is -0.691. The van der Waals surface area contributed by atoms with Crippen molar-refractivity contribution in [1.29, 1.82) is 0 Å². The van der Waals surface area contributed by atoms with Gasteiger partial charge in [0.15, 0.2) is 11.5 Å². The van der Waals surface area contributed by atoms with Crippen LogP contribution in [-0.4, -0.2) is 39.6 Å². The Hall–Kier alpha value is -3.52. The molecular formula is C26H28ClF2N5O. The standard InChI is InChI=1S/C18H17ClFN5O.C6H5F.C2H6/c1-11-9-21-15-5-6-16(23-25(11)15)24-8-7-12(10-24)22-18(26)13-3-2-4-14(19)17(13)20;7-6-4-2-1-3-5-6;1-2/h2-6,9,12H,7-8,10H2,1H3,(H,22,26);1-5H;1-2H3/t12-;;/m0../s1. The van der Waals surface area contributed by atoms with Crippen molar-refractivity contribution in [2.75, 3.05) is 18.0 Å². The van der Waals surface area contributed by atoms with E-state index in [1.165, 1.54) is 24.3 Å². The SMILES string of the molecule is CC.Cc1cnc2ccc(N3CC[C@H](NC(=O)c4cccc(Cl)c4F)C3)nn12.Fc1ccccc1. The maximum absolute atomic E-state index is 14.0. The molecule has 1 aliphatic heterocycles. The summed E-state index contributed by atoms with van der Waals surface area (Å²) in [5.41, 5.74) is 1.72. The number of carbonyl (C=O) groups is 1. The third kappa shape index (κ3) is 6.54. The van der Waals surface area contributed by atoms with Crippen molar-refractivity contribution >= 4 is 29.0 Å². The van der Waals surface area contributed by atoms with Gasteiger partial charge in [-0.25, -0.2) is 18.3 Å². The molecule has 4 aromatic rings. The summed E-state index contributed by atoms with van der Waals surface area (Å²) in [6.07, 6.45) is 2.54. The van der Waals surface area contributed by atoms with E-state index in [-0.39, 0.29) is 22.4 Å². The molecule has 1 saturated heterocycles. The summed E-state index contributed by atoms with van der Waals surface area (Å²) in [6.45, 7) is 7.32. The highest BCUT2D eigenvalue weighted by Gasteiger charge is 2.26. The number of anilines is 1. The smallest absolute Gasteiger partial charge is 0.254 e. The molecule has 0 spiro atoms. The van der Waals surface area contributed by atoms with Crippen molar-refractivity contribution in [3.05, 3.63) is 94.8 Å². The summed E-state index contributed by atoms with van der Waals surface area (Å²) >= 11 is 5.75. The molecule has 2 aromatic heterocycles. The topological polar surface area (TPSA) is 62.5 Å². The zero-order valence-electron chi connectivity index (χ0n) is 19.9. The number of hydrogen-bond acceptors (Lipinski definition) is 4. The van der Waals surface area contributed by atoms with E-state index in [4.69, 9.17) is 11.6 Å². The number of imidazole rings is 1. The highest BCUT2D eigenvalue weighted by Crippen LogP contribution is 2.21. The molecule has 1 fully saturated rings. The van der Waals surface area contributed by atoms with Crippen molar-refractivity contribution in [1.82, 2.24) is 19.9 Å². The molecule has 1 aliphatic rings. The summed E-state index contributed by atoms with van der Waals surface area (Å²) in [6, 6.07) is 16.1. The van der Waals surface area contributed by atoms with Crippen LogP contribution in [-0.2, 0) is 0 Å². The van der Waals surface area contributed by atoms with Gasteiger partial charge >= 0.3 is 0 Å². The van der Waals surface area contributed by atoms with Crippen molar-refractivity contribution in [2.24, 2.45) is 0 Å².